The second-order valence-corrected chi connectivity index (χ2v) is 7.45. The zero-order valence-electron chi connectivity index (χ0n) is 14.2. The summed E-state index contributed by atoms with van der Waals surface area (Å²) in [5.41, 5.74) is 3.99. The number of benzene rings is 3. The first kappa shape index (κ1) is 18.1. The van der Waals surface area contributed by atoms with E-state index in [1.807, 2.05) is 66.7 Å². The molecule has 0 amide bonds. The number of fused-ring (bicyclic) bond motifs is 1. The van der Waals surface area contributed by atoms with E-state index in [2.05, 4.69) is 10.6 Å². The highest BCUT2D eigenvalue weighted by molar-refractivity contribution is 6.33. The molecule has 4 rings (SSSR count). The average molecular weight is 414 g/mol. The third-order valence-corrected chi connectivity index (χ3v) is 5.17. The summed E-state index contributed by atoms with van der Waals surface area (Å²) in [7, 11) is 0. The van der Waals surface area contributed by atoms with Crippen LogP contribution in [-0.4, -0.2) is 9.55 Å². The van der Waals surface area contributed by atoms with Crippen molar-refractivity contribution in [2.45, 2.75) is 6.54 Å². The van der Waals surface area contributed by atoms with Gasteiger partial charge in [-0.25, -0.2) is 4.98 Å². The minimum absolute atomic E-state index is 0.584. The van der Waals surface area contributed by atoms with Gasteiger partial charge in [-0.15, -0.1) is 0 Å². The summed E-state index contributed by atoms with van der Waals surface area (Å²) >= 11 is 18.5. The van der Waals surface area contributed by atoms with Crippen molar-refractivity contribution in [3.63, 3.8) is 0 Å². The van der Waals surface area contributed by atoms with Crippen LogP contribution in [0.25, 0.3) is 23.2 Å². The standard InChI is InChI=1S/C22H15Cl3N2/c23-17-8-5-15(6-9-17)7-12-22-26-20-3-1-2-4-21(20)27(22)14-16-13-18(24)10-11-19(16)25/h1-13H,14H2. The molecule has 0 aliphatic heterocycles. The first-order valence-electron chi connectivity index (χ1n) is 8.43. The Labute approximate surface area is 172 Å². The number of para-hydroxylation sites is 2. The number of hydrogen-bond donors (Lipinski definition) is 0. The molecule has 1 aromatic heterocycles. The van der Waals surface area contributed by atoms with Gasteiger partial charge in [0.25, 0.3) is 0 Å². The molecule has 0 spiro atoms. The Balaban J connectivity index is 1.77. The number of halogens is 3. The Kier molecular flexibility index (Phi) is 5.22. The molecule has 2 nitrogen and oxygen atoms in total. The molecule has 0 N–H and O–H groups in total. The van der Waals surface area contributed by atoms with E-state index < -0.39 is 0 Å². The number of nitrogens with zero attached hydrogens (tertiary/aromatic N) is 2. The quantitative estimate of drug-likeness (QED) is 0.345. The lowest BCUT2D eigenvalue weighted by Crippen LogP contribution is -2.02. The second kappa shape index (κ2) is 7.77. The number of rotatable bonds is 4. The molecule has 0 bridgehead atoms. The van der Waals surface area contributed by atoms with E-state index in [-0.39, 0.29) is 0 Å². The van der Waals surface area contributed by atoms with Gasteiger partial charge in [0.15, 0.2) is 0 Å². The Hall–Kier alpha value is -2.26. The SMILES string of the molecule is Clc1ccc(C=Cc2nc3ccccc3n2Cc2cc(Cl)ccc2Cl)cc1. The molecule has 0 unspecified atom stereocenters. The molecular weight excluding hydrogens is 399 g/mol. The number of hydrogen-bond acceptors (Lipinski definition) is 1. The molecule has 27 heavy (non-hydrogen) atoms. The van der Waals surface area contributed by atoms with Crippen LogP contribution in [0.1, 0.15) is 17.0 Å². The smallest absolute Gasteiger partial charge is 0.134 e. The third kappa shape index (κ3) is 4.03. The Morgan fingerprint density at radius 3 is 2.37 bits per heavy atom. The predicted octanol–water partition coefficient (Wildman–Crippen LogP) is 7.22. The van der Waals surface area contributed by atoms with E-state index in [1.165, 1.54) is 0 Å². The van der Waals surface area contributed by atoms with Crippen molar-refractivity contribution >= 4 is 58.0 Å². The minimum atomic E-state index is 0.584. The molecule has 0 radical (unpaired) electrons. The maximum absolute atomic E-state index is 6.38. The van der Waals surface area contributed by atoms with Crippen LogP contribution in [0, 0.1) is 0 Å². The van der Waals surface area contributed by atoms with Crippen LogP contribution in [0.3, 0.4) is 0 Å². The third-order valence-electron chi connectivity index (χ3n) is 4.32. The van der Waals surface area contributed by atoms with Crippen molar-refractivity contribution in [3.05, 3.63) is 98.7 Å². The van der Waals surface area contributed by atoms with Crippen LogP contribution in [0.4, 0.5) is 0 Å². The van der Waals surface area contributed by atoms with Gasteiger partial charge in [-0.3, -0.25) is 0 Å². The van der Waals surface area contributed by atoms with Gasteiger partial charge in [0, 0.05) is 15.1 Å². The van der Waals surface area contributed by atoms with Gasteiger partial charge in [-0.2, -0.15) is 0 Å². The predicted molar refractivity (Wildman–Crippen MR) is 116 cm³/mol. The van der Waals surface area contributed by atoms with E-state index in [1.54, 1.807) is 6.07 Å². The fraction of sp³-hybridized carbons (Fsp3) is 0.0455. The lowest BCUT2D eigenvalue weighted by molar-refractivity contribution is 0.814. The van der Waals surface area contributed by atoms with Gasteiger partial charge >= 0.3 is 0 Å². The molecule has 0 atom stereocenters. The van der Waals surface area contributed by atoms with Crippen LogP contribution in [0.5, 0.6) is 0 Å². The molecule has 5 heteroatoms. The largest absolute Gasteiger partial charge is 0.320 e. The summed E-state index contributed by atoms with van der Waals surface area (Å²) in [4.78, 5) is 4.77. The molecule has 0 aliphatic rings. The highest BCUT2D eigenvalue weighted by atomic mass is 35.5. The van der Waals surface area contributed by atoms with Crippen LogP contribution in [-0.2, 0) is 6.54 Å². The highest BCUT2D eigenvalue weighted by Crippen LogP contribution is 2.25. The lowest BCUT2D eigenvalue weighted by atomic mass is 10.2. The van der Waals surface area contributed by atoms with Crippen molar-refractivity contribution in [1.82, 2.24) is 9.55 Å². The molecular formula is C22H15Cl3N2. The summed E-state index contributed by atoms with van der Waals surface area (Å²) in [5, 5.41) is 2.07. The van der Waals surface area contributed by atoms with Gasteiger partial charge in [0.05, 0.1) is 17.6 Å². The van der Waals surface area contributed by atoms with Crippen LogP contribution >= 0.6 is 34.8 Å². The Morgan fingerprint density at radius 1 is 0.815 bits per heavy atom. The normalized spacial score (nSPS) is 11.5. The molecule has 0 saturated carbocycles. The van der Waals surface area contributed by atoms with Crippen molar-refractivity contribution in [2.24, 2.45) is 0 Å². The molecule has 4 aromatic rings. The maximum Gasteiger partial charge on any atom is 0.134 e. The van der Waals surface area contributed by atoms with Crippen molar-refractivity contribution in [2.75, 3.05) is 0 Å². The number of imidazole rings is 1. The van der Waals surface area contributed by atoms with Gasteiger partial charge in [0.2, 0.25) is 0 Å². The van der Waals surface area contributed by atoms with E-state index >= 15 is 0 Å². The first-order chi connectivity index (χ1) is 13.1. The minimum Gasteiger partial charge on any atom is -0.320 e. The van der Waals surface area contributed by atoms with Gasteiger partial charge in [-0.05, 0) is 59.7 Å². The summed E-state index contributed by atoms with van der Waals surface area (Å²) < 4.78 is 2.14. The lowest BCUT2D eigenvalue weighted by Gasteiger charge is -2.10. The first-order valence-corrected chi connectivity index (χ1v) is 9.56. The van der Waals surface area contributed by atoms with E-state index in [9.17, 15) is 0 Å². The summed E-state index contributed by atoms with van der Waals surface area (Å²) in [6, 6.07) is 21.2. The van der Waals surface area contributed by atoms with Crippen LogP contribution < -0.4 is 0 Å². The molecule has 134 valence electrons. The van der Waals surface area contributed by atoms with Gasteiger partial charge < -0.3 is 4.57 Å². The zero-order valence-corrected chi connectivity index (χ0v) is 16.5. The van der Waals surface area contributed by atoms with E-state index in [0.717, 1.165) is 33.0 Å². The Morgan fingerprint density at radius 2 is 1.56 bits per heavy atom. The van der Waals surface area contributed by atoms with Crippen molar-refractivity contribution in [1.29, 1.82) is 0 Å². The van der Waals surface area contributed by atoms with Gasteiger partial charge in [-0.1, -0.05) is 65.1 Å². The maximum atomic E-state index is 6.38. The van der Waals surface area contributed by atoms with Crippen molar-refractivity contribution < 1.29 is 0 Å². The fourth-order valence-corrected chi connectivity index (χ4v) is 3.47. The number of aromatic nitrogens is 2. The average Bonchev–Trinajstić information content (AvgIpc) is 3.02. The highest BCUT2D eigenvalue weighted by Gasteiger charge is 2.11. The molecule has 1 heterocycles. The molecule has 3 aromatic carbocycles. The molecule has 0 saturated heterocycles. The molecule has 0 fully saturated rings. The van der Waals surface area contributed by atoms with Gasteiger partial charge in [0.1, 0.15) is 5.82 Å². The second-order valence-electron chi connectivity index (χ2n) is 6.17. The Bertz CT molecular complexity index is 1130. The summed E-state index contributed by atoms with van der Waals surface area (Å²) in [5.74, 6) is 0.849. The zero-order chi connectivity index (χ0) is 18.8. The summed E-state index contributed by atoms with van der Waals surface area (Å²) in [6.07, 6.45) is 4.02. The van der Waals surface area contributed by atoms with Crippen molar-refractivity contribution in [3.8, 4) is 0 Å². The van der Waals surface area contributed by atoms with Crippen LogP contribution in [0.15, 0.2) is 66.7 Å². The fourth-order valence-electron chi connectivity index (χ4n) is 2.97. The van der Waals surface area contributed by atoms with Crippen LogP contribution in [0.2, 0.25) is 15.1 Å². The van der Waals surface area contributed by atoms with E-state index in [4.69, 9.17) is 39.8 Å². The van der Waals surface area contributed by atoms with E-state index in [0.29, 0.717) is 16.6 Å². The monoisotopic (exact) mass is 412 g/mol. The molecule has 0 aliphatic carbocycles. The summed E-state index contributed by atoms with van der Waals surface area (Å²) in [6.45, 7) is 0.584. The topological polar surface area (TPSA) is 17.8 Å².